The second-order valence-electron chi connectivity index (χ2n) is 1.55. The topological polar surface area (TPSA) is 56.3 Å². The van der Waals surface area contributed by atoms with Crippen molar-refractivity contribution in [2.75, 3.05) is 0 Å². The van der Waals surface area contributed by atoms with Crippen LogP contribution in [0.2, 0.25) is 0 Å². The summed E-state index contributed by atoms with van der Waals surface area (Å²) >= 11 is 0. The first-order valence-electron chi connectivity index (χ1n) is 2.25. The van der Waals surface area contributed by atoms with Gasteiger partial charge >= 0.3 is 5.88 Å². The zero-order chi connectivity index (χ0) is 6.85. The number of furan rings is 1. The maximum atomic E-state index is 9.90. The molecule has 0 saturated heterocycles. The highest BCUT2D eigenvalue weighted by Gasteiger charge is 2.08. The number of nitro groups is 1. The molecule has 0 amide bonds. The first kappa shape index (κ1) is 5.81. The van der Waals surface area contributed by atoms with Gasteiger partial charge in [0.2, 0.25) is 0 Å². The lowest BCUT2D eigenvalue weighted by Crippen LogP contribution is -1.82. The van der Waals surface area contributed by atoms with Crippen LogP contribution in [-0.4, -0.2) is 4.92 Å². The van der Waals surface area contributed by atoms with Crippen molar-refractivity contribution in [3.8, 4) is 0 Å². The van der Waals surface area contributed by atoms with E-state index in [4.69, 9.17) is 0 Å². The van der Waals surface area contributed by atoms with E-state index < -0.39 is 4.92 Å². The summed E-state index contributed by atoms with van der Waals surface area (Å²) in [6.07, 6.45) is 1.23. The second kappa shape index (κ2) is 1.89. The first-order valence-corrected chi connectivity index (χ1v) is 2.25. The lowest BCUT2D eigenvalue weighted by molar-refractivity contribution is -0.402. The third kappa shape index (κ3) is 1.07. The molecule has 1 heterocycles. The van der Waals surface area contributed by atoms with Crippen molar-refractivity contribution >= 4 is 5.88 Å². The monoisotopic (exact) mass is 126 g/mol. The maximum Gasteiger partial charge on any atom is 0.433 e. The molecule has 1 aromatic rings. The molecule has 0 aliphatic carbocycles. The molecule has 47 valence electrons. The van der Waals surface area contributed by atoms with Gasteiger partial charge in [-0.3, -0.25) is 10.1 Å². The number of hydrogen-bond donors (Lipinski definition) is 0. The smallest absolute Gasteiger partial charge is 0.409 e. The zero-order valence-corrected chi connectivity index (χ0v) is 4.53. The molecule has 0 aromatic carbocycles. The molecular weight excluding hydrogens is 122 g/mol. The summed E-state index contributed by atoms with van der Waals surface area (Å²) in [5, 5.41) is 9.90. The fourth-order valence-electron chi connectivity index (χ4n) is 0.458. The fourth-order valence-corrected chi connectivity index (χ4v) is 0.458. The van der Waals surface area contributed by atoms with Gasteiger partial charge in [0.25, 0.3) is 0 Å². The van der Waals surface area contributed by atoms with Gasteiger partial charge in [0, 0.05) is 0 Å². The predicted octanol–water partition coefficient (Wildman–Crippen LogP) is 1.37. The van der Waals surface area contributed by atoms with Crippen LogP contribution in [-0.2, 0) is 0 Å². The quantitative estimate of drug-likeness (QED) is 0.421. The molecule has 0 fully saturated rings. The fraction of sp³-hybridized carbons (Fsp3) is 0. The molecule has 0 unspecified atom stereocenters. The average molecular weight is 126 g/mol. The minimum absolute atomic E-state index is 0.264. The minimum atomic E-state index is -0.602. The molecule has 0 aliphatic heterocycles. The van der Waals surface area contributed by atoms with Crippen LogP contribution < -0.4 is 0 Å². The molecule has 4 heteroatoms. The van der Waals surface area contributed by atoms with Gasteiger partial charge in [-0.1, -0.05) is 0 Å². The second-order valence-corrected chi connectivity index (χ2v) is 1.55. The van der Waals surface area contributed by atoms with Crippen LogP contribution in [0.5, 0.6) is 0 Å². The maximum absolute atomic E-state index is 9.90. The van der Waals surface area contributed by atoms with Gasteiger partial charge in [-0.05, 0) is 12.5 Å². The Morgan fingerprint density at radius 2 is 2.44 bits per heavy atom. The van der Waals surface area contributed by atoms with E-state index in [-0.39, 0.29) is 5.88 Å². The standard InChI is InChI=1S/C5H4NO3/c1-4-2-5(6(7)8)9-3-4/h2-3H,1H2. The highest BCUT2D eigenvalue weighted by Crippen LogP contribution is 2.13. The lowest BCUT2D eigenvalue weighted by atomic mass is 10.4. The largest absolute Gasteiger partial charge is 0.433 e. The van der Waals surface area contributed by atoms with Crippen LogP contribution in [0, 0.1) is 17.0 Å². The Hall–Kier alpha value is -1.32. The van der Waals surface area contributed by atoms with Crippen molar-refractivity contribution in [1.82, 2.24) is 0 Å². The number of hydrogen-bond acceptors (Lipinski definition) is 3. The SMILES string of the molecule is [CH2]c1coc([N+](=O)[O-])c1. The van der Waals surface area contributed by atoms with Gasteiger partial charge in [0.05, 0.1) is 6.07 Å². The minimum Gasteiger partial charge on any atom is -0.409 e. The van der Waals surface area contributed by atoms with E-state index in [1.54, 1.807) is 0 Å². The molecule has 0 atom stereocenters. The van der Waals surface area contributed by atoms with Crippen molar-refractivity contribution in [1.29, 1.82) is 0 Å². The van der Waals surface area contributed by atoms with Gasteiger partial charge in [0.15, 0.2) is 0 Å². The molecule has 0 spiro atoms. The van der Waals surface area contributed by atoms with Crippen LogP contribution in [0.3, 0.4) is 0 Å². The third-order valence-electron chi connectivity index (χ3n) is 0.820. The highest BCUT2D eigenvalue weighted by atomic mass is 16.6. The Morgan fingerprint density at radius 3 is 2.67 bits per heavy atom. The summed E-state index contributed by atoms with van der Waals surface area (Å²) in [6, 6.07) is 1.26. The van der Waals surface area contributed by atoms with E-state index in [9.17, 15) is 10.1 Å². The Bertz CT molecular complexity index is 228. The molecule has 1 aromatic heterocycles. The van der Waals surface area contributed by atoms with Gasteiger partial charge in [0.1, 0.15) is 11.2 Å². The predicted molar refractivity (Wildman–Crippen MR) is 29.8 cm³/mol. The van der Waals surface area contributed by atoms with E-state index in [2.05, 4.69) is 11.3 Å². The first-order chi connectivity index (χ1) is 4.20. The molecule has 4 nitrogen and oxygen atoms in total. The molecule has 9 heavy (non-hydrogen) atoms. The molecule has 1 radical (unpaired) electrons. The highest BCUT2D eigenvalue weighted by molar-refractivity contribution is 5.23. The van der Waals surface area contributed by atoms with E-state index >= 15 is 0 Å². The average Bonchev–Trinajstić information content (AvgIpc) is 2.14. The van der Waals surface area contributed by atoms with Crippen LogP contribution in [0.1, 0.15) is 5.56 Å². The normalized spacial score (nSPS) is 9.44. The van der Waals surface area contributed by atoms with E-state index in [0.29, 0.717) is 5.56 Å². The summed E-state index contributed by atoms with van der Waals surface area (Å²) < 4.78 is 4.46. The van der Waals surface area contributed by atoms with Crippen LogP contribution >= 0.6 is 0 Å². The summed E-state index contributed by atoms with van der Waals surface area (Å²) in [7, 11) is 0. The Labute approximate surface area is 51.2 Å². The van der Waals surface area contributed by atoms with Crippen molar-refractivity contribution < 1.29 is 9.34 Å². The van der Waals surface area contributed by atoms with Crippen LogP contribution in [0.4, 0.5) is 5.88 Å². The van der Waals surface area contributed by atoms with E-state index in [1.165, 1.54) is 12.3 Å². The molecule has 0 bridgehead atoms. The van der Waals surface area contributed by atoms with E-state index in [0.717, 1.165) is 0 Å². The van der Waals surface area contributed by atoms with Gasteiger partial charge < -0.3 is 4.42 Å². The molecule has 0 aliphatic rings. The molecule has 0 N–H and O–H groups in total. The zero-order valence-electron chi connectivity index (χ0n) is 4.53. The summed E-state index contributed by atoms with van der Waals surface area (Å²) in [5.41, 5.74) is 0.515. The Morgan fingerprint density at radius 1 is 1.78 bits per heavy atom. The Kier molecular flexibility index (Phi) is 1.22. The van der Waals surface area contributed by atoms with Crippen LogP contribution in [0.15, 0.2) is 16.7 Å². The summed E-state index contributed by atoms with van der Waals surface area (Å²) in [6.45, 7) is 3.43. The number of nitrogens with zero attached hydrogens (tertiary/aromatic N) is 1. The Balaban J connectivity index is 2.98. The lowest BCUT2D eigenvalue weighted by Gasteiger charge is -1.76. The van der Waals surface area contributed by atoms with Gasteiger partial charge in [-0.25, -0.2) is 0 Å². The molecular formula is C5H4NO3. The van der Waals surface area contributed by atoms with Crippen molar-refractivity contribution in [2.45, 2.75) is 0 Å². The third-order valence-corrected chi connectivity index (χ3v) is 0.820. The van der Waals surface area contributed by atoms with Crippen molar-refractivity contribution in [3.63, 3.8) is 0 Å². The summed E-state index contributed by atoms with van der Waals surface area (Å²) in [5.74, 6) is -0.264. The van der Waals surface area contributed by atoms with Gasteiger partial charge in [-0.2, -0.15) is 0 Å². The van der Waals surface area contributed by atoms with Crippen molar-refractivity contribution in [2.24, 2.45) is 0 Å². The molecule has 0 saturated carbocycles. The molecule has 1 rings (SSSR count). The number of rotatable bonds is 1. The summed E-state index contributed by atoms with van der Waals surface area (Å²) in [4.78, 5) is 9.30. The van der Waals surface area contributed by atoms with Crippen molar-refractivity contribution in [3.05, 3.63) is 34.9 Å². The van der Waals surface area contributed by atoms with Crippen LogP contribution in [0.25, 0.3) is 0 Å². The van der Waals surface area contributed by atoms with E-state index in [1.807, 2.05) is 0 Å². The van der Waals surface area contributed by atoms with Gasteiger partial charge in [-0.15, -0.1) is 0 Å².